The fourth-order valence-electron chi connectivity index (χ4n) is 0.782. The predicted molar refractivity (Wildman–Crippen MR) is 30.9 cm³/mol. The smallest absolute Gasteiger partial charge is 0.260 e. The topological polar surface area (TPSA) is 40.5 Å². The van der Waals surface area contributed by atoms with Crippen molar-refractivity contribution >= 4 is 8.03 Å². The van der Waals surface area contributed by atoms with Gasteiger partial charge in [0, 0.05) is 13.0 Å². The summed E-state index contributed by atoms with van der Waals surface area (Å²) >= 11 is 0. The maximum atomic E-state index is 10.3. The molecule has 8 heavy (non-hydrogen) atoms. The first-order valence-electron chi connectivity index (χ1n) is 2.57. The molecule has 3 nitrogen and oxygen atoms in total. The zero-order valence-corrected chi connectivity index (χ0v) is 5.64. The van der Waals surface area contributed by atoms with E-state index in [-0.39, 0.29) is 5.78 Å². The molecule has 1 N–H and O–H groups in total. The maximum absolute atomic E-state index is 10.3. The van der Waals surface area contributed by atoms with Gasteiger partial charge in [-0.05, 0) is 11.6 Å². The first kappa shape index (κ1) is 6.14. The molecule has 1 saturated heterocycles. The van der Waals surface area contributed by atoms with Gasteiger partial charge in [0.05, 0.1) is 0 Å². The van der Waals surface area contributed by atoms with Crippen molar-refractivity contribution < 1.29 is 9.46 Å². The van der Waals surface area contributed by atoms with Crippen LogP contribution in [0, 0.1) is 0 Å². The highest BCUT2D eigenvalue weighted by atomic mass is 31.1. The Kier molecular flexibility index (Phi) is 1.61. The monoisotopic (exact) mass is 134 g/mol. The molecule has 2 unspecified atom stereocenters. The van der Waals surface area contributed by atoms with E-state index in [2.05, 4.69) is 0 Å². The largest absolute Gasteiger partial charge is 0.524 e. The molecule has 0 aromatic carbocycles. The SMILES string of the molecule is CN1CCC1[P+](=O)O. The molecule has 0 saturated carbocycles. The molecule has 1 rings (SSSR count). The van der Waals surface area contributed by atoms with Crippen LogP contribution in [-0.2, 0) is 4.57 Å². The molecule has 1 aliphatic heterocycles. The minimum absolute atomic E-state index is 0.0509. The molecule has 1 fully saturated rings. The molecule has 4 heteroatoms. The van der Waals surface area contributed by atoms with Crippen molar-refractivity contribution in [1.82, 2.24) is 4.90 Å². The molecule has 1 heterocycles. The van der Waals surface area contributed by atoms with Gasteiger partial charge in [-0.25, -0.2) is 0 Å². The van der Waals surface area contributed by atoms with E-state index in [0.29, 0.717) is 0 Å². The molecule has 0 spiro atoms. The van der Waals surface area contributed by atoms with Crippen LogP contribution in [0.4, 0.5) is 0 Å². The number of rotatable bonds is 1. The van der Waals surface area contributed by atoms with Gasteiger partial charge >= 0.3 is 8.03 Å². The Morgan fingerprint density at radius 2 is 2.50 bits per heavy atom. The molecule has 0 aromatic rings. The lowest BCUT2D eigenvalue weighted by atomic mass is 10.2. The van der Waals surface area contributed by atoms with Gasteiger partial charge < -0.3 is 0 Å². The standard InChI is InChI=1S/C4H8NO2P/c1-5-3-2-4(5)8(6)7/h4H,2-3H2,1H3/p+1. The van der Waals surface area contributed by atoms with Gasteiger partial charge in [0.15, 0.2) is 0 Å². The van der Waals surface area contributed by atoms with Gasteiger partial charge in [0.25, 0.3) is 0 Å². The summed E-state index contributed by atoms with van der Waals surface area (Å²) < 4.78 is 10.3. The number of hydrogen-bond donors (Lipinski definition) is 1. The van der Waals surface area contributed by atoms with Gasteiger partial charge in [0.2, 0.25) is 5.78 Å². The minimum Gasteiger partial charge on any atom is -0.260 e. The number of hydrogen-bond acceptors (Lipinski definition) is 2. The highest BCUT2D eigenvalue weighted by Gasteiger charge is 2.40. The first-order chi connectivity index (χ1) is 3.72. The summed E-state index contributed by atoms with van der Waals surface area (Å²) in [6, 6.07) is 0. The second-order valence-corrected chi connectivity index (χ2v) is 3.25. The average Bonchev–Trinajstić information content (AvgIpc) is 1.61. The van der Waals surface area contributed by atoms with Gasteiger partial charge in [-0.15, -0.1) is 0 Å². The van der Waals surface area contributed by atoms with E-state index in [4.69, 9.17) is 4.89 Å². The van der Waals surface area contributed by atoms with E-state index in [0.717, 1.165) is 13.0 Å². The summed E-state index contributed by atoms with van der Waals surface area (Å²) in [6.07, 6.45) is 0.877. The lowest BCUT2D eigenvalue weighted by Crippen LogP contribution is -2.41. The Labute approximate surface area is 49.2 Å². The fourth-order valence-corrected chi connectivity index (χ4v) is 1.57. The lowest BCUT2D eigenvalue weighted by molar-refractivity contribution is 0.181. The maximum Gasteiger partial charge on any atom is 0.524 e. The molecule has 0 aliphatic carbocycles. The Morgan fingerprint density at radius 1 is 1.88 bits per heavy atom. The third-order valence-electron chi connectivity index (χ3n) is 1.50. The van der Waals surface area contributed by atoms with Crippen LogP contribution >= 0.6 is 8.03 Å². The van der Waals surface area contributed by atoms with Crippen LogP contribution < -0.4 is 0 Å². The van der Waals surface area contributed by atoms with E-state index < -0.39 is 8.03 Å². The Hall–Kier alpha value is 0.0200. The van der Waals surface area contributed by atoms with Crippen LogP contribution in [-0.4, -0.2) is 29.2 Å². The fraction of sp³-hybridized carbons (Fsp3) is 1.00. The summed E-state index contributed by atoms with van der Waals surface area (Å²) in [5.41, 5.74) is 0. The molecular formula is C4H9NO2P+. The van der Waals surface area contributed by atoms with Crippen LogP contribution in [0.1, 0.15) is 6.42 Å². The number of nitrogens with zero attached hydrogens (tertiary/aromatic N) is 1. The Balaban J connectivity index is 2.37. The highest BCUT2D eigenvalue weighted by molar-refractivity contribution is 7.38. The van der Waals surface area contributed by atoms with Crippen molar-refractivity contribution in [3.8, 4) is 0 Å². The van der Waals surface area contributed by atoms with Gasteiger partial charge in [-0.2, -0.15) is 4.89 Å². The van der Waals surface area contributed by atoms with Crippen LogP contribution in [0.15, 0.2) is 0 Å². The quantitative estimate of drug-likeness (QED) is 0.527. The van der Waals surface area contributed by atoms with Crippen LogP contribution in [0.25, 0.3) is 0 Å². The number of likely N-dealkylation sites (tertiary alicyclic amines) is 1. The molecule has 1 aliphatic rings. The highest BCUT2D eigenvalue weighted by Crippen LogP contribution is 2.33. The third kappa shape index (κ3) is 0.895. The molecule has 2 atom stereocenters. The zero-order chi connectivity index (χ0) is 6.15. The second kappa shape index (κ2) is 2.09. The Morgan fingerprint density at radius 3 is 2.50 bits per heavy atom. The molecule has 0 bridgehead atoms. The molecular weight excluding hydrogens is 125 g/mol. The van der Waals surface area contributed by atoms with Gasteiger partial charge in [0.1, 0.15) is 0 Å². The van der Waals surface area contributed by atoms with E-state index in [9.17, 15) is 4.57 Å². The summed E-state index contributed by atoms with van der Waals surface area (Å²) in [6.45, 7) is 0.965. The predicted octanol–water partition coefficient (Wildman–Crippen LogP) is 0.383. The second-order valence-electron chi connectivity index (χ2n) is 2.05. The van der Waals surface area contributed by atoms with Crippen LogP contribution in [0.5, 0.6) is 0 Å². The normalized spacial score (nSPS) is 31.8. The Bertz CT molecular complexity index is 117. The van der Waals surface area contributed by atoms with Gasteiger partial charge in [-0.1, -0.05) is 0 Å². The van der Waals surface area contributed by atoms with Gasteiger partial charge in [-0.3, -0.25) is 4.90 Å². The van der Waals surface area contributed by atoms with E-state index in [1.165, 1.54) is 0 Å². The minimum atomic E-state index is -1.94. The molecule has 0 aromatic heterocycles. The van der Waals surface area contributed by atoms with Crippen LogP contribution in [0.2, 0.25) is 0 Å². The summed E-state index contributed by atoms with van der Waals surface area (Å²) in [5, 5.41) is 0. The molecule has 0 amide bonds. The molecule has 46 valence electrons. The van der Waals surface area contributed by atoms with Crippen molar-refractivity contribution in [2.45, 2.75) is 12.2 Å². The van der Waals surface area contributed by atoms with E-state index >= 15 is 0 Å². The zero-order valence-electron chi connectivity index (χ0n) is 4.74. The lowest BCUT2D eigenvalue weighted by Gasteiger charge is -2.27. The van der Waals surface area contributed by atoms with Crippen molar-refractivity contribution in [3.63, 3.8) is 0 Å². The summed E-state index contributed by atoms with van der Waals surface area (Å²) in [5.74, 6) is -0.0509. The van der Waals surface area contributed by atoms with Crippen molar-refractivity contribution in [1.29, 1.82) is 0 Å². The van der Waals surface area contributed by atoms with Crippen LogP contribution in [0.3, 0.4) is 0 Å². The first-order valence-corrected chi connectivity index (χ1v) is 3.85. The molecule has 0 radical (unpaired) electrons. The van der Waals surface area contributed by atoms with Crippen molar-refractivity contribution in [2.75, 3.05) is 13.6 Å². The third-order valence-corrected chi connectivity index (χ3v) is 2.67. The van der Waals surface area contributed by atoms with Crippen molar-refractivity contribution in [3.05, 3.63) is 0 Å². The summed E-state index contributed by atoms with van der Waals surface area (Å²) in [4.78, 5) is 10.4. The average molecular weight is 134 g/mol. The van der Waals surface area contributed by atoms with E-state index in [1.807, 2.05) is 11.9 Å². The summed E-state index contributed by atoms with van der Waals surface area (Å²) in [7, 11) is -0.0797. The van der Waals surface area contributed by atoms with Crippen molar-refractivity contribution in [2.24, 2.45) is 0 Å². The van der Waals surface area contributed by atoms with E-state index in [1.54, 1.807) is 0 Å².